The van der Waals surface area contributed by atoms with E-state index in [1.54, 1.807) is 18.3 Å². The minimum atomic E-state index is -0.0191. The van der Waals surface area contributed by atoms with Gasteiger partial charge in [-0.3, -0.25) is 4.79 Å². The third-order valence-electron chi connectivity index (χ3n) is 2.21. The second kappa shape index (κ2) is 5.95. The Kier molecular flexibility index (Phi) is 4.57. The van der Waals surface area contributed by atoms with Crippen LogP contribution in [0.25, 0.3) is 0 Å². The Morgan fingerprint density at radius 3 is 2.88 bits per heavy atom. The first-order chi connectivity index (χ1) is 7.69. The molecule has 5 heteroatoms. The number of hydrogen-bond acceptors (Lipinski definition) is 4. The first kappa shape index (κ1) is 12.3. The van der Waals surface area contributed by atoms with Crippen LogP contribution in [0.2, 0.25) is 0 Å². The van der Waals surface area contributed by atoms with Gasteiger partial charge in [0.15, 0.2) is 5.82 Å². The molecule has 1 aromatic rings. The van der Waals surface area contributed by atoms with Crippen LogP contribution in [0.5, 0.6) is 0 Å². The lowest BCUT2D eigenvalue weighted by molar-refractivity contribution is -0.119. The number of carbonyl (C=O) groups is 1. The number of likely N-dealkylation sites (N-methyl/N-ethyl adjacent to an activating group) is 2. The fourth-order valence-electron chi connectivity index (χ4n) is 1.44. The SMILES string of the molecule is CCNC(=O)CN(CC)c1ncccc1N. The second-order valence-corrected chi connectivity index (χ2v) is 3.38. The highest BCUT2D eigenvalue weighted by Gasteiger charge is 2.12. The molecule has 0 saturated heterocycles. The molecule has 3 N–H and O–H groups in total. The Bertz CT molecular complexity index is 354. The summed E-state index contributed by atoms with van der Waals surface area (Å²) in [4.78, 5) is 17.5. The van der Waals surface area contributed by atoms with Crippen molar-refractivity contribution in [2.24, 2.45) is 0 Å². The highest BCUT2D eigenvalue weighted by molar-refractivity contribution is 5.82. The molecule has 88 valence electrons. The number of nitrogens with zero attached hydrogens (tertiary/aromatic N) is 2. The molecule has 0 fully saturated rings. The van der Waals surface area contributed by atoms with Gasteiger partial charge in [0.05, 0.1) is 12.2 Å². The van der Waals surface area contributed by atoms with Crippen molar-refractivity contribution in [2.45, 2.75) is 13.8 Å². The molecule has 16 heavy (non-hydrogen) atoms. The second-order valence-electron chi connectivity index (χ2n) is 3.38. The van der Waals surface area contributed by atoms with Crippen LogP contribution in [0.1, 0.15) is 13.8 Å². The van der Waals surface area contributed by atoms with Gasteiger partial charge < -0.3 is 16.0 Å². The molecule has 1 rings (SSSR count). The van der Waals surface area contributed by atoms with Crippen molar-refractivity contribution >= 4 is 17.4 Å². The average molecular weight is 222 g/mol. The number of nitrogens with two attached hydrogens (primary N) is 1. The van der Waals surface area contributed by atoms with Crippen molar-refractivity contribution < 1.29 is 4.79 Å². The van der Waals surface area contributed by atoms with Gasteiger partial charge in [-0.2, -0.15) is 0 Å². The monoisotopic (exact) mass is 222 g/mol. The van der Waals surface area contributed by atoms with Gasteiger partial charge in [-0.15, -0.1) is 0 Å². The van der Waals surface area contributed by atoms with Crippen LogP contribution in [-0.2, 0) is 4.79 Å². The van der Waals surface area contributed by atoms with Gasteiger partial charge in [-0.25, -0.2) is 4.98 Å². The van der Waals surface area contributed by atoms with Crippen molar-refractivity contribution in [3.05, 3.63) is 18.3 Å². The van der Waals surface area contributed by atoms with Crippen LogP contribution >= 0.6 is 0 Å². The molecule has 1 amide bonds. The van der Waals surface area contributed by atoms with E-state index in [-0.39, 0.29) is 12.5 Å². The van der Waals surface area contributed by atoms with E-state index in [0.29, 0.717) is 24.6 Å². The first-order valence-corrected chi connectivity index (χ1v) is 5.41. The van der Waals surface area contributed by atoms with Gasteiger partial charge in [0.1, 0.15) is 0 Å². The predicted octanol–water partition coefficient (Wildman–Crippen LogP) is 0.626. The standard InChI is InChI=1S/C11H18N4O/c1-3-13-10(16)8-15(4-2)11-9(12)6-5-7-14-11/h5-7H,3-4,8,12H2,1-2H3,(H,13,16). The Morgan fingerprint density at radius 2 is 2.31 bits per heavy atom. The van der Waals surface area contributed by atoms with Crippen molar-refractivity contribution in [3.8, 4) is 0 Å². The molecule has 0 aliphatic carbocycles. The van der Waals surface area contributed by atoms with Crippen LogP contribution in [0.4, 0.5) is 11.5 Å². The van der Waals surface area contributed by atoms with Crippen LogP contribution in [-0.4, -0.2) is 30.5 Å². The van der Waals surface area contributed by atoms with Crippen LogP contribution in [0.15, 0.2) is 18.3 Å². The van der Waals surface area contributed by atoms with Gasteiger partial charge in [-0.1, -0.05) is 0 Å². The summed E-state index contributed by atoms with van der Waals surface area (Å²) in [6, 6.07) is 3.56. The lowest BCUT2D eigenvalue weighted by atomic mass is 10.3. The van der Waals surface area contributed by atoms with Crippen molar-refractivity contribution in [2.75, 3.05) is 30.3 Å². The van der Waals surface area contributed by atoms with Gasteiger partial charge in [0.25, 0.3) is 0 Å². The number of hydrogen-bond donors (Lipinski definition) is 2. The maximum Gasteiger partial charge on any atom is 0.239 e. The van der Waals surface area contributed by atoms with Gasteiger partial charge in [0, 0.05) is 19.3 Å². The summed E-state index contributed by atoms with van der Waals surface area (Å²) in [5, 5.41) is 2.75. The maximum absolute atomic E-state index is 11.5. The van der Waals surface area contributed by atoms with Gasteiger partial charge in [-0.05, 0) is 26.0 Å². The molecule has 1 heterocycles. The zero-order valence-electron chi connectivity index (χ0n) is 9.73. The molecule has 0 unspecified atom stereocenters. The van der Waals surface area contributed by atoms with E-state index in [9.17, 15) is 4.79 Å². The number of carbonyl (C=O) groups excluding carboxylic acids is 1. The van der Waals surface area contributed by atoms with Crippen molar-refractivity contribution in [1.29, 1.82) is 0 Å². The van der Waals surface area contributed by atoms with Gasteiger partial charge in [0.2, 0.25) is 5.91 Å². The minimum absolute atomic E-state index is 0.0191. The Morgan fingerprint density at radius 1 is 1.56 bits per heavy atom. The summed E-state index contributed by atoms with van der Waals surface area (Å²) in [6.45, 7) is 5.47. The number of nitrogen functional groups attached to an aromatic ring is 1. The highest BCUT2D eigenvalue weighted by atomic mass is 16.2. The molecule has 0 aliphatic heterocycles. The largest absolute Gasteiger partial charge is 0.396 e. The summed E-state index contributed by atoms with van der Waals surface area (Å²) in [5.74, 6) is 0.644. The molecule has 1 aromatic heterocycles. The summed E-state index contributed by atoms with van der Waals surface area (Å²) in [5.41, 5.74) is 6.40. The zero-order valence-corrected chi connectivity index (χ0v) is 9.73. The van der Waals surface area contributed by atoms with E-state index in [0.717, 1.165) is 0 Å². The Labute approximate surface area is 95.7 Å². The number of nitrogens with one attached hydrogen (secondary N) is 1. The van der Waals surface area contributed by atoms with E-state index >= 15 is 0 Å². The molecule has 0 atom stereocenters. The topological polar surface area (TPSA) is 71.2 Å². The van der Waals surface area contributed by atoms with E-state index < -0.39 is 0 Å². The van der Waals surface area contributed by atoms with E-state index in [1.807, 2.05) is 18.7 Å². The van der Waals surface area contributed by atoms with Gasteiger partial charge >= 0.3 is 0 Å². The zero-order chi connectivity index (χ0) is 12.0. The fourth-order valence-corrected chi connectivity index (χ4v) is 1.44. The normalized spacial score (nSPS) is 9.88. The molecule has 0 saturated carbocycles. The molecule has 5 nitrogen and oxygen atoms in total. The molecule has 0 bridgehead atoms. The number of aromatic nitrogens is 1. The summed E-state index contributed by atoms with van der Waals surface area (Å²) in [6.07, 6.45) is 1.67. The smallest absolute Gasteiger partial charge is 0.239 e. The van der Waals surface area contributed by atoms with E-state index in [4.69, 9.17) is 5.73 Å². The van der Waals surface area contributed by atoms with Crippen molar-refractivity contribution in [3.63, 3.8) is 0 Å². The number of rotatable bonds is 5. The maximum atomic E-state index is 11.5. The predicted molar refractivity (Wildman–Crippen MR) is 65.2 cm³/mol. The average Bonchev–Trinajstić information content (AvgIpc) is 2.27. The van der Waals surface area contributed by atoms with Crippen LogP contribution in [0.3, 0.4) is 0 Å². The quantitative estimate of drug-likeness (QED) is 0.766. The fraction of sp³-hybridized carbons (Fsp3) is 0.455. The van der Waals surface area contributed by atoms with Crippen molar-refractivity contribution in [1.82, 2.24) is 10.3 Å². The number of anilines is 2. The molecule has 0 spiro atoms. The molecular weight excluding hydrogens is 204 g/mol. The third kappa shape index (κ3) is 3.12. The van der Waals surface area contributed by atoms with E-state index in [2.05, 4.69) is 10.3 Å². The Hall–Kier alpha value is -1.78. The first-order valence-electron chi connectivity index (χ1n) is 5.41. The lowest BCUT2D eigenvalue weighted by Crippen LogP contribution is -2.37. The van der Waals surface area contributed by atoms with E-state index in [1.165, 1.54) is 0 Å². The van der Waals surface area contributed by atoms with Crippen LogP contribution in [0, 0.1) is 0 Å². The summed E-state index contributed by atoms with van der Waals surface area (Å²) in [7, 11) is 0. The number of pyridine rings is 1. The molecule has 0 aliphatic rings. The number of amides is 1. The lowest BCUT2D eigenvalue weighted by Gasteiger charge is -2.22. The molecule has 0 aromatic carbocycles. The van der Waals surface area contributed by atoms with Crippen LogP contribution < -0.4 is 16.0 Å². The minimum Gasteiger partial charge on any atom is -0.396 e. The highest BCUT2D eigenvalue weighted by Crippen LogP contribution is 2.18. The summed E-state index contributed by atoms with van der Waals surface area (Å²) >= 11 is 0. The third-order valence-corrected chi connectivity index (χ3v) is 2.21. The molecular formula is C11H18N4O. The molecule has 0 radical (unpaired) electrons. The Balaban J connectivity index is 2.75. The summed E-state index contributed by atoms with van der Waals surface area (Å²) < 4.78 is 0.